The van der Waals surface area contributed by atoms with Gasteiger partial charge < -0.3 is 5.73 Å². The van der Waals surface area contributed by atoms with Gasteiger partial charge >= 0.3 is 0 Å². The Morgan fingerprint density at radius 2 is 1.95 bits per heavy atom. The second kappa shape index (κ2) is 4.52. The Labute approximate surface area is 132 Å². The molecule has 2 aromatic heterocycles. The lowest BCUT2D eigenvalue weighted by Crippen LogP contribution is -2.02. The average molecular weight is 337 g/mol. The molecule has 1 aliphatic rings. The van der Waals surface area contributed by atoms with Gasteiger partial charge in [-0.1, -0.05) is 23.2 Å². The lowest BCUT2D eigenvalue weighted by molar-refractivity contribution is 1.08. The third kappa shape index (κ3) is 1.78. The number of benzene rings is 1. The number of aromatic nitrogens is 3. The number of pyridine rings is 1. The van der Waals surface area contributed by atoms with Gasteiger partial charge in [0.15, 0.2) is 5.65 Å². The van der Waals surface area contributed by atoms with Gasteiger partial charge in [0, 0.05) is 6.20 Å². The molecule has 0 unspecified atom stereocenters. The number of nitrogens with two attached hydrogens (primary N) is 1. The van der Waals surface area contributed by atoms with Crippen molar-refractivity contribution in [3.63, 3.8) is 0 Å². The van der Waals surface area contributed by atoms with Crippen LogP contribution in [0, 0.1) is 0 Å². The van der Waals surface area contributed by atoms with E-state index in [1.807, 2.05) is 6.07 Å². The smallest absolute Gasteiger partial charge is 0.207 e. The van der Waals surface area contributed by atoms with Crippen molar-refractivity contribution in [1.29, 1.82) is 0 Å². The molecule has 104 valence electrons. The Balaban J connectivity index is 2.14. The highest BCUT2D eigenvalue weighted by Crippen LogP contribution is 2.47. The van der Waals surface area contributed by atoms with E-state index in [9.17, 15) is 0 Å². The first kappa shape index (κ1) is 12.8. The van der Waals surface area contributed by atoms with E-state index in [1.54, 1.807) is 22.9 Å². The van der Waals surface area contributed by atoms with Crippen LogP contribution in [0.25, 0.3) is 16.9 Å². The van der Waals surface area contributed by atoms with E-state index in [1.165, 1.54) is 0 Å². The van der Waals surface area contributed by atoms with Crippen molar-refractivity contribution in [2.45, 2.75) is 0 Å². The number of hydrogen-bond donors (Lipinski definition) is 1. The molecule has 2 N–H and O–H groups in total. The Morgan fingerprint density at radius 1 is 1.14 bits per heavy atom. The molecule has 0 saturated heterocycles. The Bertz CT molecular complexity index is 974. The summed E-state index contributed by atoms with van der Waals surface area (Å²) in [4.78, 5) is 8.60. The number of imidazole rings is 1. The first-order valence-electron chi connectivity index (χ1n) is 5.86. The van der Waals surface area contributed by atoms with Crippen LogP contribution in [0.4, 0.5) is 17.3 Å². The second-order valence-electron chi connectivity index (χ2n) is 4.30. The highest BCUT2D eigenvalue weighted by molar-refractivity contribution is 7.58. The van der Waals surface area contributed by atoms with Gasteiger partial charge in [-0.2, -0.15) is 8.73 Å². The summed E-state index contributed by atoms with van der Waals surface area (Å²) in [5.41, 5.74) is 9.06. The zero-order valence-corrected chi connectivity index (χ0v) is 12.6. The minimum Gasteiger partial charge on any atom is -0.369 e. The van der Waals surface area contributed by atoms with Gasteiger partial charge in [0.1, 0.15) is 16.9 Å². The van der Waals surface area contributed by atoms with Crippen molar-refractivity contribution < 1.29 is 0 Å². The zero-order valence-electron chi connectivity index (χ0n) is 10.3. The number of halogens is 2. The van der Waals surface area contributed by atoms with Gasteiger partial charge in [-0.15, -0.1) is 0 Å². The molecule has 0 bridgehead atoms. The molecule has 0 atom stereocenters. The quantitative estimate of drug-likeness (QED) is 0.569. The predicted octanol–water partition coefficient (Wildman–Crippen LogP) is 4.04. The molecule has 0 aliphatic carbocycles. The first-order chi connectivity index (χ1) is 10.2. The van der Waals surface area contributed by atoms with Crippen LogP contribution in [0.5, 0.6) is 0 Å². The second-order valence-corrected chi connectivity index (χ2v) is 5.64. The van der Waals surface area contributed by atoms with Crippen molar-refractivity contribution >= 4 is 63.0 Å². The molecular formula is C12H6Cl2N6S. The Kier molecular flexibility index (Phi) is 2.75. The monoisotopic (exact) mass is 336 g/mol. The van der Waals surface area contributed by atoms with Crippen LogP contribution in [0.3, 0.4) is 0 Å². The van der Waals surface area contributed by atoms with Gasteiger partial charge in [-0.3, -0.25) is 4.57 Å². The van der Waals surface area contributed by atoms with Crippen molar-refractivity contribution in [1.82, 2.24) is 14.5 Å². The first-order valence-corrected chi connectivity index (χ1v) is 7.35. The standard InChI is InChI=1S/C12H6Cl2N6S/c13-5-4-6(14)10(9-8(5)18-21-19-9)20-11-7(17-12(20)15)2-1-3-16-11/h1-4H,(H2,15,17). The number of anilines is 1. The average Bonchev–Trinajstić information content (AvgIpc) is 3.04. The number of rotatable bonds is 1. The third-order valence-corrected chi connectivity index (χ3v) is 4.19. The number of nitrogen functional groups attached to an aromatic ring is 1. The normalized spacial score (nSPS) is 12.7. The molecule has 3 aromatic rings. The molecule has 6 nitrogen and oxygen atoms in total. The molecule has 9 heteroatoms. The number of hydrogen-bond acceptors (Lipinski definition) is 5. The van der Waals surface area contributed by atoms with Crippen LogP contribution >= 0.6 is 23.2 Å². The summed E-state index contributed by atoms with van der Waals surface area (Å²) >= 11 is 13.6. The van der Waals surface area contributed by atoms with Gasteiger partial charge in [0.25, 0.3) is 0 Å². The minimum atomic E-state index is 0.280. The Morgan fingerprint density at radius 3 is 2.81 bits per heavy atom. The van der Waals surface area contributed by atoms with Crippen molar-refractivity contribution in [2.75, 3.05) is 5.73 Å². The molecule has 1 aromatic carbocycles. The van der Waals surface area contributed by atoms with Crippen LogP contribution in [-0.2, 0) is 11.4 Å². The summed E-state index contributed by atoms with van der Waals surface area (Å²) in [7, 11) is 0. The highest BCUT2D eigenvalue weighted by Gasteiger charge is 2.23. The van der Waals surface area contributed by atoms with Crippen LogP contribution in [-0.4, -0.2) is 14.5 Å². The van der Waals surface area contributed by atoms with E-state index in [0.717, 1.165) is 11.4 Å². The van der Waals surface area contributed by atoms with Crippen LogP contribution in [0.15, 0.2) is 33.1 Å². The fourth-order valence-electron chi connectivity index (χ4n) is 2.22. The molecule has 0 fully saturated rings. The maximum Gasteiger partial charge on any atom is 0.207 e. The fourth-order valence-corrected chi connectivity index (χ4v) is 3.42. The van der Waals surface area contributed by atoms with Gasteiger partial charge in [0.05, 0.1) is 27.1 Å². The van der Waals surface area contributed by atoms with E-state index in [-0.39, 0.29) is 5.95 Å². The summed E-state index contributed by atoms with van der Waals surface area (Å²) in [6, 6.07) is 5.24. The van der Waals surface area contributed by atoms with Crippen LogP contribution in [0.2, 0.25) is 10.0 Å². The largest absolute Gasteiger partial charge is 0.369 e. The number of fused-ring (bicyclic) bond motifs is 2. The minimum absolute atomic E-state index is 0.280. The van der Waals surface area contributed by atoms with Crippen LogP contribution < -0.4 is 5.73 Å². The third-order valence-electron chi connectivity index (χ3n) is 3.08. The van der Waals surface area contributed by atoms with Gasteiger partial charge in [-0.05, 0) is 18.2 Å². The molecule has 0 amide bonds. The SMILES string of the molecule is Nc1nc2cccnc2n1-c1c(Cl)cc(Cl)c2c1N=S=N2. The van der Waals surface area contributed by atoms with Crippen LogP contribution in [0.1, 0.15) is 0 Å². The summed E-state index contributed by atoms with van der Waals surface area (Å²) < 4.78 is 10.1. The summed E-state index contributed by atoms with van der Waals surface area (Å²) in [5.74, 6) is 0.280. The zero-order chi connectivity index (χ0) is 14.6. The van der Waals surface area contributed by atoms with E-state index < -0.39 is 0 Å². The molecule has 0 radical (unpaired) electrons. The molecule has 1 aliphatic heterocycles. The van der Waals surface area contributed by atoms with Gasteiger partial charge in [0.2, 0.25) is 5.95 Å². The number of nitrogens with zero attached hydrogens (tertiary/aromatic N) is 5. The van der Waals surface area contributed by atoms with Crippen molar-refractivity contribution in [3.05, 3.63) is 34.4 Å². The summed E-state index contributed by atoms with van der Waals surface area (Å²) in [6.07, 6.45) is 1.67. The van der Waals surface area contributed by atoms with Crippen molar-refractivity contribution in [3.8, 4) is 5.69 Å². The van der Waals surface area contributed by atoms with Crippen molar-refractivity contribution in [2.24, 2.45) is 8.73 Å². The summed E-state index contributed by atoms with van der Waals surface area (Å²) in [6.45, 7) is 0. The van der Waals surface area contributed by atoms with E-state index >= 15 is 0 Å². The topological polar surface area (TPSA) is 81.5 Å². The fraction of sp³-hybridized carbons (Fsp3) is 0. The predicted molar refractivity (Wildman–Crippen MR) is 84.8 cm³/mol. The Hall–Kier alpha value is -1.96. The maximum absolute atomic E-state index is 6.35. The van der Waals surface area contributed by atoms with E-state index in [0.29, 0.717) is 38.3 Å². The van der Waals surface area contributed by atoms with Gasteiger partial charge in [-0.25, -0.2) is 9.97 Å². The summed E-state index contributed by atoms with van der Waals surface area (Å²) in [5, 5.41) is 0.861. The molecule has 4 rings (SSSR count). The molecule has 21 heavy (non-hydrogen) atoms. The molecular weight excluding hydrogens is 331 g/mol. The molecule has 0 saturated carbocycles. The molecule has 0 spiro atoms. The lowest BCUT2D eigenvalue weighted by atomic mass is 10.2. The highest BCUT2D eigenvalue weighted by atomic mass is 35.5. The maximum atomic E-state index is 6.35. The lowest BCUT2D eigenvalue weighted by Gasteiger charge is -2.11. The molecule has 3 heterocycles. The van der Waals surface area contributed by atoms with E-state index in [2.05, 4.69) is 18.7 Å². The van der Waals surface area contributed by atoms with E-state index in [4.69, 9.17) is 28.9 Å².